The molecule has 4 aromatic rings. The number of ether oxygens (including phenoxy) is 1. The molecule has 5 rings (SSSR count). The average Bonchev–Trinajstić information content (AvgIpc) is 3.54. The number of hydrogen-bond acceptors (Lipinski definition) is 9. The summed E-state index contributed by atoms with van der Waals surface area (Å²) in [6.45, 7) is 0. The molecule has 1 fully saturated rings. The van der Waals surface area contributed by atoms with Crippen molar-refractivity contribution in [3.63, 3.8) is 0 Å². The Labute approximate surface area is 213 Å². The zero-order valence-corrected chi connectivity index (χ0v) is 20.5. The molecule has 12 heteroatoms. The minimum Gasteiger partial charge on any atom is -0.504 e. The van der Waals surface area contributed by atoms with Crippen LogP contribution in [0.25, 0.3) is 10.9 Å². The van der Waals surface area contributed by atoms with Crippen LogP contribution in [0.3, 0.4) is 0 Å². The molecule has 3 heterocycles. The van der Waals surface area contributed by atoms with Crippen molar-refractivity contribution in [2.24, 2.45) is 5.16 Å². The summed E-state index contributed by atoms with van der Waals surface area (Å²) in [4.78, 5) is 22.6. The van der Waals surface area contributed by atoms with Crippen molar-refractivity contribution in [3.8, 4) is 11.5 Å². The number of phenols is 1. The van der Waals surface area contributed by atoms with Crippen LogP contribution < -0.4 is 4.74 Å². The first-order chi connectivity index (χ1) is 17.4. The number of aromatic hydroxyl groups is 1. The largest absolute Gasteiger partial charge is 0.504 e. The van der Waals surface area contributed by atoms with Gasteiger partial charge in [-0.25, -0.2) is 9.78 Å². The van der Waals surface area contributed by atoms with Gasteiger partial charge in [0.25, 0.3) is 0 Å². The van der Waals surface area contributed by atoms with Crippen molar-refractivity contribution in [1.29, 1.82) is 0 Å². The third-order valence-corrected chi connectivity index (χ3v) is 9.41. The molecule has 10 nitrogen and oxygen atoms in total. The second-order valence-electron chi connectivity index (χ2n) is 8.07. The summed E-state index contributed by atoms with van der Waals surface area (Å²) >= 11 is 2.83. The van der Waals surface area contributed by atoms with E-state index in [1.54, 1.807) is 24.5 Å². The molecular weight excluding hydrogens is 504 g/mol. The molecule has 0 amide bonds. The van der Waals surface area contributed by atoms with Crippen LogP contribution >= 0.6 is 23.5 Å². The van der Waals surface area contributed by atoms with Gasteiger partial charge < -0.3 is 35.2 Å². The molecule has 2 aromatic heterocycles. The number of carboxylic acid groups (broad SMARTS) is 1. The first kappa shape index (κ1) is 24.1. The van der Waals surface area contributed by atoms with E-state index >= 15 is 0 Å². The van der Waals surface area contributed by atoms with E-state index < -0.39 is 27.1 Å². The molecule has 0 radical (unpaired) electrons. The maximum atomic E-state index is 11.9. The number of hydrogen-bond donors (Lipinski definition) is 6. The first-order valence-electron chi connectivity index (χ1n) is 10.8. The topological polar surface area (TPSA) is 164 Å². The molecule has 0 saturated carbocycles. The number of carboxylic acids is 1. The number of fused-ring (bicyclic) bond motifs is 1. The zero-order valence-electron chi connectivity index (χ0n) is 18.9. The maximum Gasteiger partial charge on any atom is 0.360 e. The van der Waals surface area contributed by atoms with Gasteiger partial charge in [-0.15, -0.1) is 23.5 Å². The number of nitrogens with zero attached hydrogens (tertiary/aromatic N) is 2. The lowest BCUT2D eigenvalue weighted by molar-refractivity contribution is -0.129. The van der Waals surface area contributed by atoms with E-state index in [-0.39, 0.29) is 17.2 Å². The predicted molar refractivity (Wildman–Crippen MR) is 137 cm³/mol. The highest BCUT2D eigenvalue weighted by atomic mass is 32.2. The van der Waals surface area contributed by atoms with Crippen molar-refractivity contribution in [1.82, 2.24) is 15.0 Å². The maximum absolute atomic E-state index is 11.9. The molecular formula is C24H22N4O6S2. The lowest BCUT2D eigenvalue weighted by Gasteiger charge is -2.43. The Morgan fingerprint density at radius 3 is 2.78 bits per heavy atom. The fourth-order valence-corrected chi connectivity index (χ4v) is 8.02. The Balaban J connectivity index is 1.72. The number of benzene rings is 2. The minimum absolute atomic E-state index is 0.0405. The molecule has 3 atom stereocenters. The Morgan fingerprint density at radius 2 is 2.08 bits per heavy atom. The summed E-state index contributed by atoms with van der Waals surface area (Å²) in [6, 6.07) is 12.2. The standard InChI is InChI=1S/C24H22N4O6S2/c1-34-16-10-12(6-7-15(16)29)24(23-25-8-9-26-23)17(30)11-35-22(36-24)18-13-4-2-3-5-14(13)27-19(18)20(28-33)21(31)32/h2-10,17,22,27,29-30,33H,11H2,1H3,(H,25,26)(H,31,32)/b28-20+/t17-,22-,24+/m0/s1. The monoisotopic (exact) mass is 526 g/mol. The predicted octanol–water partition coefficient (Wildman–Crippen LogP) is 3.65. The molecule has 0 unspecified atom stereocenters. The molecule has 1 saturated heterocycles. The second-order valence-corrected chi connectivity index (χ2v) is 10.9. The third-order valence-electron chi connectivity index (χ3n) is 6.15. The number of aliphatic carboxylic acids is 1. The number of aliphatic hydroxyl groups is 1. The van der Waals surface area contributed by atoms with E-state index in [9.17, 15) is 25.3 Å². The number of oxime groups is 1. The zero-order chi connectivity index (χ0) is 25.4. The van der Waals surface area contributed by atoms with E-state index in [4.69, 9.17) is 4.74 Å². The fraction of sp³-hybridized carbons (Fsp3) is 0.208. The molecule has 1 aliphatic rings. The van der Waals surface area contributed by atoms with Gasteiger partial charge in [0, 0.05) is 34.6 Å². The van der Waals surface area contributed by atoms with Crippen molar-refractivity contribution >= 4 is 46.1 Å². The number of phenolic OH excluding ortho intramolecular Hbond substituents is 1. The summed E-state index contributed by atoms with van der Waals surface area (Å²) in [5, 5.41) is 44.7. The van der Waals surface area contributed by atoms with E-state index in [0.29, 0.717) is 28.2 Å². The number of thioether (sulfide) groups is 2. The molecule has 0 spiro atoms. The fourth-order valence-electron chi connectivity index (χ4n) is 4.50. The average molecular weight is 527 g/mol. The van der Waals surface area contributed by atoms with E-state index in [0.717, 1.165) is 5.39 Å². The summed E-state index contributed by atoms with van der Waals surface area (Å²) in [5.74, 6) is -0.389. The van der Waals surface area contributed by atoms with Crippen molar-refractivity contribution in [2.75, 3.05) is 12.9 Å². The van der Waals surface area contributed by atoms with Gasteiger partial charge in [-0.3, -0.25) is 0 Å². The number of para-hydroxylation sites is 1. The van der Waals surface area contributed by atoms with Gasteiger partial charge in [0.05, 0.1) is 23.5 Å². The Morgan fingerprint density at radius 1 is 1.28 bits per heavy atom. The molecule has 186 valence electrons. The van der Waals surface area contributed by atoms with Gasteiger partial charge in [-0.2, -0.15) is 0 Å². The SMILES string of the molecule is COc1cc([C@@]2(c3ncc[nH]3)S[C@@H](c3c(/C(=N\O)C(=O)O)[nH]c4ccccc34)SC[C@@H]2O)ccc1O. The number of imidazole rings is 1. The van der Waals surface area contributed by atoms with Gasteiger partial charge in [-0.1, -0.05) is 29.4 Å². The van der Waals surface area contributed by atoms with Gasteiger partial charge >= 0.3 is 5.97 Å². The molecule has 6 N–H and O–H groups in total. The second kappa shape index (κ2) is 9.45. The Bertz CT molecular complexity index is 1450. The van der Waals surface area contributed by atoms with Crippen molar-refractivity contribution < 1.29 is 30.1 Å². The number of aliphatic hydroxyl groups excluding tert-OH is 1. The van der Waals surface area contributed by atoms with Crippen LogP contribution in [-0.2, 0) is 9.54 Å². The molecule has 36 heavy (non-hydrogen) atoms. The number of carbonyl (C=O) groups is 1. The van der Waals surface area contributed by atoms with Gasteiger partial charge in [-0.05, 0) is 23.8 Å². The lowest BCUT2D eigenvalue weighted by atomic mass is 9.91. The van der Waals surface area contributed by atoms with Crippen LogP contribution in [0, 0.1) is 0 Å². The summed E-state index contributed by atoms with van der Waals surface area (Å²) < 4.78 is 3.81. The molecule has 0 aliphatic carbocycles. The first-order valence-corrected chi connectivity index (χ1v) is 12.7. The number of aromatic amines is 2. The van der Waals surface area contributed by atoms with Crippen LogP contribution in [-0.4, -0.2) is 66.1 Å². The highest BCUT2D eigenvalue weighted by Gasteiger charge is 2.51. The third kappa shape index (κ3) is 3.77. The number of rotatable bonds is 6. The van der Waals surface area contributed by atoms with Crippen LogP contribution in [0.2, 0.25) is 0 Å². The Kier molecular flexibility index (Phi) is 6.33. The van der Waals surface area contributed by atoms with Crippen molar-refractivity contribution in [3.05, 3.63) is 77.5 Å². The normalized spacial score (nSPS) is 22.6. The quantitative estimate of drug-likeness (QED) is 0.125. The highest BCUT2D eigenvalue weighted by molar-refractivity contribution is 8.17. The number of nitrogens with one attached hydrogen (secondary N) is 2. The van der Waals surface area contributed by atoms with Gasteiger partial charge in [0.15, 0.2) is 11.5 Å². The van der Waals surface area contributed by atoms with E-state index in [2.05, 4.69) is 20.1 Å². The van der Waals surface area contributed by atoms with Gasteiger partial charge in [0.2, 0.25) is 5.71 Å². The highest BCUT2D eigenvalue weighted by Crippen LogP contribution is 2.61. The smallest absolute Gasteiger partial charge is 0.360 e. The van der Waals surface area contributed by atoms with Crippen molar-refractivity contribution in [2.45, 2.75) is 15.4 Å². The summed E-state index contributed by atoms with van der Waals surface area (Å²) in [7, 11) is 1.45. The Hall–Kier alpha value is -3.61. The van der Waals surface area contributed by atoms with Crippen LogP contribution in [0.15, 0.2) is 60.0 Å². The van der Waals surface area contributed by atoms with E-state index in [1.807, 2.05) is 24.3 Å². The molecule has 2 aromatic carbocycles. The van der Waals surface area contributed by atoms with Crippen LogP contribution in [0.4, 0.5) is 0 Å². The lowest BCUT2D eigenvalue weighted by Crippen LogP contribution is -2.43. The minimum atomic E-state index is -1.38. The van der Waals surface area contributed by atoms with Gasteiger partial charge in [0.1, 0.15) is 10.6 Å². The summed E-state index contributed by atoms with van der Waals surface area (Å²) in [6.07, 6.45) is 2.36. The van der Waals surface area contributed by atoms with Crippen LogP contribution in [0.5, 0.6) is 11.5 Å². The molecule has 0 bridgehead atoms. The number of methoxy groups -OCH3 is 1. The number of H-pyrrole nitrogens is 2. The van der Waals surface area contributed by atoms with E-state index in [1.165, 1.54) is 36.7 Å². The molecule has 1 aliphatic heterocycles. The van der Waals surface area contributed by atoms with Crippen LogP contribution in [0.1, 0.15) is 27.2 Å². The summed E-state index contributed by atoms with van der Waals surface area (Å²) in [5.41, 5.74) is 1.63. The number of aromatic nitrogens is 3.